The lowest BCUT2D eigenvalue weighted by Crippen LogP contribution is -2.30. The summed E-state index contributed by atoms with van der Waals surface area (Å²) in [4.78, 5) is 13.1. The highest BCUT2D eigenvalue weighted by atomic mass is 35.5. The molecule has 0 aliphatic heterocycles. The Morgan fingerprint density at radius 1 is 0.897 bits per heavy atom. The number of amides is 1. The summed E-state index contributed by atoms with van der Waals surface area (Å²) < 4.78 is 1.58. The Bertz CT molecular complexity index is 1040. The van der Waals surface area contributed by atoms with Crippen LogP contribution in [0.5, 0.6) is 0 Å². The largest absolute Gasteiger partial charge is 0.348 e. The van der Waals surface area contributed by atoms with Crippen molar-refractivity contribution >= 4 is 17.5 Å². The maximum atomic E-state index is 13.1. The zero-order valence-corrected chi connectivity index (χ0v) is 16.2. The summed E-state index contributed by atoms with van der Waals surface area (Å²) in [6.07, 6.45) is 0. The Balaban J connectivity index is 1.55. The maximum Gasteiger partial charge on any atom is 0.232 e. The van der Waals surface area contributed by atoms with E-state index in [4.69, 9.17) is 11.6 Å². The van der Waals surface area contributed by atoms with Crippen molar-refractivity contribution in [3.63, 3.8) is 0 Å². The van der Waals surface area contributed by atoms with Crippen LogP contribution < -0.4 is 5.32 Å². The third kappa shape index (κ3) is 4.33. The van der Waals surface area contributed by atoms with Crippen LogP contribution in [0.1, 0.15) is 22.9 Å². The van der Waals surface area contributed by atoms with Crippen molar-refractivity contribution < 1.29 is 4.79 Å². The first-order valence-corrected chi connectivity index (χ1v) is 9.51. The maximum absolute atomic E-state index is 13.1. The van der Waals surface area contributed by atoms with Crippen LogP contribution in [-0.2, 0) is 11.3 Å². The number of halogens is 1. The number of aromatic nitrogens is 4. The average Bonchev–Trinajstić information content (AvgIpc) is 3.23. The van der Waals surface area contributed by atoms with E-state index in [2.05, 4.69) is 20.8 Å². The second-order valence-corrected chi connectivity index (χ2v) is 6.89. The van der Waals surface area contributed by atoms with Gasteiger partial charge in [0.1, 0.15) is 0 Å². The Labute approximate surface area is 173 Å². The number of tetrazole rings is 1. The molecule has 1 amide bonds. The molecule has 6 nitrogen and oxygen atoms in total. The number of nitrogens with one attached hydrogen (secondary N) is 1. The van der Waals surface area contributed by atoms with Gasteiger partial charge in [0.2, 0.25) is 5.91 Å². The molecule has 29 heavy (non-hydrogen) atoms. The van der Waals surface area contributed by atoms with E-state index >= 15 is 0 Å². The van der Waals surface area contributed by atoms with Crippen molar-refractivity contribution in [3.8, 4) is 5.69 Å². The van der Waals surface area contributed by atoms with E-state index in [0.29, 0.717) is 10.8 Å². The lowest BCUT2D eigenvalue weighted by Gasteiger charge is -2.17. The topological polar surface area (TPSA) is 72.7 Å². The van der Waals surface area contributed by atoms with Gasteiger partial charge in [-0.1, -0.05) is 72.3 Å². The van der Waals surface area contributed by atoms with E-state index in [9.17, 15) is 4.79 Å². The highest BCUT2D eigenvalue weighted by molar-refractivity contribution is 6.30. The quantitative estimate of drug-likeness (QED) is 0.532. The highest BCUT2D eigenvalue weighted by Gasteiger charge is 2.23. The molecule has 4 rings (SSSR count). The fourth-order valence-corrected chi connectivity index (χ4v) is 3.28. The Morgan fingerprint density at radius 3 is 2.07 bits per heavy atom. The first kappa shape index (κ1) is 18.8. The predicted octanol–water partition coefficient (Wildman–Crippen LogP) is 3.76. The van der Waals surface area contributed by atoms with Gasteiger partial charge in [0.25, 0.3) is 0 Å². The molecule has 1 heterocycles. The van der Waals surface area contributed by atoms with Crippen molar-refractivity contribution in [3.05, 3.63) is 107 Å². The molecule has 0 unspecified atom stereocenters. The first-order chi connectivity index (χ1) is 14.2. The monoisotopic (exact) mass is 403 g/mol. The van der Waals surface area contributed by atoms with E-state index in [0.717, 1.165) is 16.8 Å². The van der Waals surface area contributed by atoms with Gasteiger partial charge in [0, 0.05) is 5.02 Å². The Hall–Kier alpha value is -3.51. The summed E-state index contributed by atoms with van der Waals surface area (Å²) in [6, 6.07) is 26.6. The van der Waals surface area contributed by atoms with E-state index in [1.165, 1.54) is 0 Å². The molecule has 0 atom stereocenters. The zero-order valence-electron chi connectivity index (χ0n) is 15.4. The van der Waals surface area contributed by atoms with Crippen molar-refractivity contribution in [2.75, 3.05) is 0 Å². The van der Waals surface area contributed by atoms with Gasteiger partial charge in [-0.25, -0.2) is 0 Å². The fourth-order valence-electron chi connectivity index (χ4n) is 3.15. The SMILES string of the molecule is O=C(NCc1nnnn1-c1ccc(Cl)cc1)C(c1ccccc1)c1ccccc1. The standard InChI is InChI=1S/C22H18ClN5O/c23-18-11-13-19(14-12-18)28-20(25-26-27-28)15-24-22(29)21(16-7-3-1-4-8-16)17-9-5-2-6-10-17/h1-14,21H,15H2,(H,24,29). The molecule has 0 radical (unpaired) electrons. The number of hydrogen-bond donors (Lipinski definition) is 1. The van der Waals surface area contributed by atoms with Crippen LogP contribution in [0.2, 0.25) is 5.02 Å². The van der Waals surface area contributed by atoms with Gasteiger partial charge < -0.3 is 5.32 Å². The highest BCUT2D eigenvalue weighted by Crippen LogP contribution is 2.25. The normalized spacial score (nSPS) is 10.8. The average molecular weight is 404 g/mol. The van der Waals surface area contributed by atoms with Crippen LogP contribution >= 0.6 is 11.6 Å². The van der Waals surface area contributed by atoms with Gasteiger partial charge in [0.05, 0.1) is 18.2 Å². The molecule has 0 fully saturated rings. The molecule has 0 aliphatic carbocycles. The van der Waals surface area contributed by atoms with Crippen LogP contribution in [0.25, 0.3) is 5.69 Å². The molecular formula is C22H18ClN5O. The number of nitrogens with zero attached hydrogens (tertiary/aromatic N) is 4. The summed E-state index contributed by atoms with van der Waals surface area (Å²) in [7, 11) is 0. The zero-order chi connectivity index (χ0) is 20.1. The Morgan fingerprint density at radius 2 is 1.48 bits per heavy atom. The molecule has 0 saturated carbocycles. The summed E-state index contributed by atoms with van der Waals surface area (Å²) >= 11 is 5.95. The number of hydrogen-bond acceptors (Lipinski definition) is 4. The van der Waals surface area contributed by atoms with Crippen molar-refractivity contribution in [1.82, 2.24) is 25.5 Å². The fraction of sp³-hybridized carbons (Fsp3) is 0.0909. The van der Waals surface area contributed by atoms with Crippen molar-refractivity contribution in [2.24, 2.45) is 0 Å². The van der Waals surface area contributed by atoms with Crippen molar-refractivity contribution in [2.45, 2.75) is 12.5 Å². The van der Waals surface area contributed by atoms with E-state index in [-0.39, 0.29) is 12.5 Å². The summed E-state index contributed by atoms with van der Waals surface area (Å²) in [5, 5.41) is 15.4. The molecule has 0 aliphatic rings. The van der Waals surface area contributed by atoms with Crippen LogP contribution in [0.3, 0.4) is 0 Å². The van der Waals surface area contributed by atoms with Crippen LogP contribution in [-0.4, -0.2) is 26.1 Å². The minimum Gasteiger partial charge on any atom is -0.348 e. The molecule has 7 heteroatoms. The van der Waals surface area contributed by atoms with Gasteiger partial charge >= 0.3 is 0 Å². The summed E-state index contributed by atoms with van der Waals surface area (Å²) in [5.41, 5.74) is 2.62. The molecule has 144 valence electrons. The Kier molecular flexibility index (Phi) is 5.63. The molecule has 0 spiro atoms. The number of carbonyl (C=O) groups excluding carboxylic acids is 1. The van der Waals surface area contributed by atoms with Gasteiger partial charge in [0.15, 0.2) is 5.82 Å². The molecule has 1 N–H and O–H groups in total. The third-order valence-electron chi connectivity index (χ3n) is 4.55. The van der Waals surface area contributed by atoms with E-state index in [1.807, 2.05) is 72.8 Å². The van der Waals surface area contributed by atoms with Gasteiger partial charge in [-0.05, 0) is 45.8 Å². The molecule has 1 aromatic heterocycles. The molecule has 3 aromatic carbocycles. The number of benzene rings is 3. The van der Waals surface area contributed by atoms with E-state index < -0.39 is 5.92 Å². The van der Waals surface area contributed by atoms with E-state index in [1.54, 1.807) is 16.8 Å². The van der Waals surface area contributed by atoms with Crippen LogP contribution in [0.4, 0.5) is 0 Å². The predicted molar refractivity (Wildman–Crippen MR) is 111 cm³/mol. The summed E-state index contributed by atoms with van der Waals surface area (Å²) in [6.45, 7) is 0.199. The van der Waals surface area contributed by atoms with Crippen LogP contribution in [0.15, 0.2) is 84.9 Å². The molecule has 4 aromatic rings. The minimum atomic E-state index is -0.419. The van der Waals surface area contributed by atoms with Gasteiger partial charge in [-0.2, -0.15) is 4.68 Å². The third-order valence-corrected chi connectivity index (χ3v) is 4.81. The lowest BCUT2D eigenvalue weighted by atomic mass is 9.90. The molecule has 0 saturated heterocycles. The summed E-state index contributed by atoms with van der Waals surface area (Å²) in [5.74, 6) is -0.00846. The first-order valence-electron chi connectivity index (χ1n) is 9.13. The lowest BCUT2D eigenvalue weighted by molar-refractivity contribution is -0.121. The van der Waals surface area contributed by atoms with Gasteiger partial charge in [-0.3, -0.25) is 4.79 Å². The second-order valence-electron chi connectivity index (χ2n) is 6.46. The smallest absolute Gasteiger partial charge is 0.232 e. The molecular weight excluding hydrogens is 386 g/mol. The molecule has 0 bridgehead atoms. The second kappa shape index (κ2) is 8.67. The van der Waals surface area contributed by atoms with Crippen molar-refractivity contribution in [1.29, 1.82) is 0 Å². The van der Waals surface area contributed by atoms with Gasteiger partial charge in [-0.15, -0.1) is 5.10 Å². The minimum absolute atomic E-state index is 0.118. The van der Waals surface area contributed by atoms with Crippen LogP contribution in [0, 0.1) is 0 Å². The number of carbonyl (C=O) groups is 1. The number of rotatable bonds is 6.